The lowest BCUT2D eigenvalue weighted by atomic mass is 10.1. The summed E-state index contributed by atoms with van der Waals surface area (Å²) in [6, 6.07) is 7.86. The van der Waals surface area contributed by atoms with Gasteiger partial charge in [0.05, 0.1) is 18.8 Å². The molecule has 1 heterocycles. The molecule has 8 nitrogen and oxygen atoms in total. The number of ketones is 1. The highest BCUT2D eigenvalue weighted by atomic mass is 32.2. The van der Waals surface area contributed by atoms with E-state index in [1.54, 1.807) is 51.1 Å². The predicted octanol–water partition coefficient (Wildman–Crippen LogP) is 1.63. The molecule has 2 amide bonds. The van der Waals surface area contributed by atoms with Crippen molar-refractivity contribution < 1.29 is 31.9 Å². The van der Waals surface area contributed by atoms with Gasteiger partial charge in [0, 0.05) is 12.5 Å². The number of alkyl halides is 1. The minimum atomic E-state index is -4.53. The van der Waals surface area contributed by atoms with Gasteiger partial charge in [-0.15, -0.1) is 0 Å². The SMILES string of the molecule is C[C@H]1CS(=O)(=O)C(F)(C(=O)NCC(=O)Cc2ccccc2)CN1C(=O)OC(C)(C)C. The van der Waals surface area contributed by atoms with Crippen LogP contribution in [-0.2, 0) is 30.6 Å². The monoisotopic (exact) mass is 442 g/mol. The third kappa shape index (κ3) is 5.56. The van der Waals surface area contributed by atoms with Crippen molar-refractivity contribution >= 4 is 27.6 Å². The Morgan fingerprint density at radius 2 is 1.83 bits per heavy atom. The van der Waals surface area contributed by atoms with Crippen LogP contribution in [0.4, 0.5) is 9.18 Å². The van der Waals surface area contributed by atoms with E-state index >= 15 is 4.39 Å². The molecule has 1 aromatic carbocycles. The summed E-state index contributed by atoms with van der Waals surface area (Å²) in [5.74, 6) is -2.62. The molecule has 0 bridgehead atoms. The zero-order valence-corrected chi connectivity index (χ0v) is 18.3. The summed E-state index contributed by atoms with van der Waals surface area (Å²) < 4.78 is 45.6. The van der Waals surface area contributed by atoms with Gasteiger partial charge in [0.15, 0.2) is 15.6 Å². The lowest BCUT2D eigenvalue weighted by Gasteiger charge is -2.40. The highest BCUT2D eigenvalue weighted by Crippen LogP contribution is 2.31. The van der Waals surface area contributed by atoms with Crippen LogP contribution in [0.5, 0.6) is 0 Å². The number of ether oxygens (including phenoxy) is 1. The molecule has 1 unspecified atom stereocenters. The van der Waals surface area contributed by atoms with E-state index in [1.807, 2.05) is 0 Å². The maximum absolute atomic E-state index is 15.5. The van der Waals surface area contributed by atoms with Crippen molar-refractivity contribution in [2.24, 2.45) is 0 Å². The lowest BCUT2D eigenvalue weighted by molar-refractivity contribution is -0.131. The Labute approximate surface area is 175 Å². The molecule has 30 heavy (non-hydrogen) atoms. The largest absolute Gasteiger partial charge is 0.444 e. The summed E-state index contributed by atoms with van der Waals surface area (Å²) in [6.07, 6.45) is -0.909. The van der Waals surface area contributed by atoms with Gasteiger partial charge >= 0.3 is 11.1 Å². The first-order valence-electron chi connectivity index (χ1n) is 9.50. The molecule has 0 spiro atoms. The van der Waals surface area contributed by atoms with E-state index in [0.29, 0.717) is 5.56 Å². The molecule has 0 radical (unpaired) electrons. The van der Waals surface area contributed by atoms with Crippen LogP contribution in [0.1, 0.15) is 33.3 Å². The lowest BCUT2D eigenvalue weighted by Crippen LogP contribution is -2.65. The second-order valence-corrected chi connectivity index (χ2v) is 10.6. The molecule has 0 aliphatic carbocycles. The predicted molar refractivity (Wildman–Crippen MR) is 108 cm³/mol. The Kier molecular flexibility index (Phi) is 6.90. The Bertz CT molecular complexity index is 913. The summed E-state index contributed by atoms with van der Waals surface area (Å²) in [5.41, 5.74) is -0.167. The van der Waals surface area contributed by atoms with Gasteiger partial charge in [0.25, 0.3) is 5.91 Å². The molecular weight excluding hydrogens is 415 g/mol. The molecule has 0 saturated carbocycles. The maximum Gasteiger partial charge on any atom is 0.410 e. The zero-order chi connectivity index (χ0) is 22.7. The third-order valence-corrected chi connectivity index (χ3v) is 6.74. The number of nitrogens with one attached hydrogen (secondary N) is 1. The van der Waals surface area contributed by atoms with Gasteiger partial charge in [-0.2, -0.15) is 0 Å². The van der Waals surface area contributed by atoms with Crippen molar-refractivity contribution in [1.82, 2.24) is 10.2 Å². The Balaban J connectivity index is 2.10. The first kappa shape index (κ1) is 23.8. The molecule has 1 saturated heterocycles. The van der Waals surface area contributed by atoms with Gasteiger partial charge in [-0.05, 0) is 33.3 Å². The number of amides is 2. The highest BCUT2D eigenvalue weighted by molar-refractivity contribution is 7.93. The molecule has 166 valence electrons. The number of carbonyl (C=O) groups excluding carboxylic acids is 3. The number of rotatable bonds is 5. The fraction of sp³-hybridized carbons (Fsp3) is 0.550. The summed E-state index contributed by atoms with van der Waals surface area (Å²) in [7, 11) is -4.53. The van der Waals surface area contributed by atoms with Crippen LogP contribution < -0.4 is 5.32 Å². The average Bonchev–Trinajstić information content (AvgIpc) is 2.61. The van der Waals surface area contributed by atoms with Crippen LogP contribution in [0.15, 0.2) is 30.3 Å². The molecular formula is C20H27FN2O6S. The van der Waals surface area contributed by atoms with Crippen LogP contribution in [0.25, 0.3) is 0 Å². The summed E-state index contributed by atoms with van der Waals surface area (Å²) >= 11 is 0. The van der Waals surface area contributed by atoms with Crippen molar-refractivity contribution in [3.05, 3.63) is 35.9 Å². The van der Waals surface area contributed by atoms with Crippen molar-refractivity contribution in [3.63, 3.8) is 0 Å². The van der Waals surface area contributed by atoms with E-state index in [2.05, 4.69) is 5.32 Å². The number of nitrogens with zero attached hydrogens (tertiary/aromatic N) is 1. The minimum Gasteiger partial charge on any atom is -0.444 e. The number of hydrogen-bond donors (Lipinski definition) is 1. The number of Topliss-reactive ketones (excluding diaryl/α,β-unsaturated/α-hetero) is 1. The number of halogens is 1. The van der Waals surface area contributed by atoms with E-state index in [9.17, 15) is 22.8 Å². The van der Waals surface area contributed by atoms with Crippen LogP contribution in [0.2, 0.25) is 0 Å². The van der Waals surface area contributed by atoms with Crippen LogP contribution in [-0.4, -0.2) is 66.6 Å². The highest BCUT2D eigenvalue weighted by Gasteiger charge is 2.58. The van der Waals surface area contributed by atoms with Gasteiger partial charge in [-0.1, -0.05) is 30.3 Å². The summed E-state index contributed by atoms with van der Waals surface area (Å²) in [4.78, 5) is 37.8. The molecule has 1 aliphatic rings. The van der Waals surface area contributed by atoms with Gasteiger partial charge in [-0.3, -0.25) is 14.5 Å². The fourth-order valence-electron chi connectivity index (χ4n) is 2.99. The second kappa shape index (κ2) is 8.71. The van der Waals surface area contributed by atoms with Crippen molar-refractivity contribution in [3.8, 4) is 0 Å². The Morgan fingerprint density at radius 3 is 2.40 bits per heavy atom. The summed E-state index contributed by atoms with van der Waals surface area (Å²) in [5, 5.41) is -1.30. The molecule has 0 aromatic heterocycles. The molecule has 2 atom stereocenters. The Hall–Kier alpha value is -2.49. The maximum atomic E-state index is 15.5. The van der Waals surface area contributed by atoms with Crippen LogP contribution in [0, 0.1) is 0 Å². The summed E-state index contributed by atoms with van der Waals surface area (Å²) in [6.45, 7) is 4.74. The number of sulfone groups is 1. The van der Waals surface area contributed by atoms with E-state index in [1.165, 1.54) is 6.92 Å². The fourth-order valence-corrected chi connectivity index (χ4v) is 4.76. The third-order valence-electron chi connectivity index (χ3n) is 4.52. The van der Waals surface area contributed by atoms with Crippen molar-refractivity contribution in [1.29, 1.82) is 0 Å². The second-order valence-electron chi connectivity index (χ2n) is 8.35. The molecule has 1 fully saturated rings. The van der Waals surface area contributed by atoms with Crippen LogP contribution in [0.3, 0.4) is 0 Å². The van der Waals surface area contributed by atoms with Crippen molar-refractivity contribution in [2.45, 2.75) is 50.8 Å². The van der Waals surface area contributed by atoms with Crippen LogP contribution >= 0.6 is 0 Å². The van der Waals surface area contributed by atoms with E-state index in [-0.39, 0.29) is 6.42 Å². The normalized spacial score (nSPS) is 23.5. The van der Waals surface area contributed by atoms with Crippen molar-refractivity contribution in [2.75, 3.05) is 18.8 Å². The quantitative estimate of drug-likeness (QED) is 0.742. The molecule has 1 N–H and O–H groups in total. The number of hydrogen-bond acceptors (Lipinski definition) is 6. The van der Waals surface area contributed by atoms with E-state index < -0.39 is 63.1 Å². The smallest absolute Gasteiger partial charge is 0.410 e. The molecule has 10 heteroatoms. The Morgan fingerprint density at radius 1 is 1.23 bits per heavy atom. The number of benzene rings is 1. The first-order valence-corrected chi connectivity index (χ1v) is 11.2. The average molecular weight is 443 g/mol. The van der Waals surface area contributed by atoms with E-state index in [0.717, 1.165) is 4.90 Å². The van der Waals surface area contributed by atoms with Gasteiger partial charge in [0.1, 0.15) is 5.60 Å². The van der Waals surface area contributed by atoms with E-state index in [4.69, 9.17) is 4.74 Å². The van der Waals surface area contributed by atoms with Gasteiger partial charge in [-0.25, -0.2) is 17.6 Å². The van der Waals surface area contributed by atoms with Gasteiger partial charge in [0.2, 0.25) is 0 Å². The molecule has 1 aliphatic heterocycles. The zero-order valence-electron chi connectivity index (χ0n) is 17.5. The first-order chi connectivity index (χ1) is 13.7. The topological polar surface area (TPSA) is 110 Å². The molecule has 1 aromatic rings. The molecule has 2 rings (SSSR count). The number of carbonyl (C=O) groups is 3. The van der Waals surface area contributed by atoms with Gasteiger partial charge < -0.3 is 10.1 Å². The standard InChI is InChI=1S/C20H27FN2O6S/c1-14-12-30(27,28)20(21,13-23(14)18(26)29-19(2,3)4)17(25)22-11-16(24)10-15-8-6-5-7-9-15/h5-9,14H,10-13H2,1-4H3,(H,22,25)/t14-,20?/m0/s1. The minimum absolute atomic E-state index is 0.00816.